The van der Waals surface area contributed by atoms with E-state index in [0.717, 1.165) is 12.8 Å². The van der Waals surface area contributed by atoms with Crippen molar-refractivity contribution >= 4 is 11.6 Å². The van der Waals surface area contributed by atoms with Gasteiger partial charge in [0.25, 0.3) is 0 Å². The van der Waals surface area contributed by atoms with Gasteiger partial charge in [-0.05, 0) is 24.7 Å². The zero-order chi connectivity index (χ0) is 8.03. The second-order valence-corrected chi connectivity index (χ2v) is 4.87. The SMILES string of the molecule is O=C1C2CC3C4CC2C(C4=O)C13. The predicted molar refractivity (Wildman–Crippen MR) is 40.2 cm³/mol. The summed E-state index contributed by atoms with van der Waals surface area (Å²) in [7, 11) is 0. The normalized spacial score (nSPS) is 64.3. The molecule has 0 aromatic heterocycles. The minimum Gasteiger partial charge on any atom is -0.299 e. The van der Waals surface area contributed by atoms with E-state index in [9.17, 15) is 9.59 Å². The molecule has 0 N–H and O–H groups in total. The molecule has 0 saturated heterocycles. The molecule has 4 saturated carbocycles. The van der Waals surface area contributed by atoms with Gasteiger partial charge >= 0.3 is 0 Å². The number of hydrogen-bond donors (Lipinski definition) is 0. The van der Waals surface area contributed by atoms with Crippen LogP contribution in [-0.2, 0) is 9.59 Å². The molecule has 4 fully saturated rings. The largest absolute Gasteiger partial charge is 0.299 e. The molecule has 4 aliphatic rings. The van der Waals surface area contributed by atoms with Crippen LogP contribution in [0.5, 0.6) is 0 Å². The second kappa shape index (κ2) is 1.40. The minimum atomic E-state index is 0.200. The Kier molecular flexibility index (Phi) is 0.690. The fourth-order valence-electron chi connectivity index (χ4n) is 4.52. The molecule has 6 atom stereocenters. The molecule has 2 nitrogen and oxygen atoms in total. The molecule has 12 heavy (non-hydrogen) atoms. The lowest BCUT2D eigenvalue weighted by molar-refractivity contribution is -0.125. The van der Waals surface area contributed by atoms with Gasteiger partial charge in [0, 0.05) is 23.7 Å². The van der Waals surface area contributed by atoms with Crippen molar-refractivity contribution in [1.29, 1.82) is 0 Å². The summed E-state index contributed by atoms with van der Waals surface area (Å²) in [6.45, 7) is 0. The molecule has 4 aliphatic carbocycles. The Balaban J connectivity index is 2.02. The highest BCUT2D eigenvalue weighted by Gasteiger charge is 2.73. The fourth-order valence-corrected chi connectivity index (χ4v) is 4.52. The summed E-state index contributed by atoms with van der Waals surface area (Å²) < 4.78 is 0. The maximum Gasteiger partial charge on any atom is 0.140 e. The average molecular weight is 162 g/mol. The van der Waals surface area contributed by atoms with E-state index in [-0.39, 0.29) is 11.8 Å². The number of fused-ring (bicyclic) bond motifs is 4. The Morgan fingerprint density at radius 2 is 1.25 bits per heavy atom. The minimum absolute atomic E-state index is 0.200. The molecule has 2 heteroatoms. The number of rotatable bonds is 0. The van der Waals surface area contributed by atoms with Crippen LogP contribution in [0.2, 0.25) is 0 Å². The number of ketones is 2. The van der Waals surface area contributed by atoms with Crippen LogP contribution in [0.15, 0.2) is 0 Å². The number of carbonyl (C=O) groups excluding carboxylic acids is 2. The lowest BCUT2D eigenvalue weighted by atomic mass is 9.71. The van der Waals surface area contributed by atoms with Crippen molar-refractivity contribution in [2.45, 2.75) is 12.8 Å². The van der Waals surface area contributed by atoms with E-state index in [4.69, 9.17) is 0 Å². The van der Waals surface area contributed by atoms with Crippen LogP contribution in [0.4, 0.5) is 0 Å². The lowest BCUT2D eigenvalue weighted by Gasteiger charge is -2.31. The van der Waals surface area contributed by atoms with Crippen molar-refractivity contribution in [2.75, 3.05) is 0 Å². The summed E-state index contributed by atoms with van der Waals surface area (Å²) in [5, 5.41) is 0. The van der Waals surface area contributed by atoms with Crippen molar-refractivity contribution < 1.29 is 9.59 Å². The maximum absolute atomic E-state index is 11.7. The first-order chi connectivity index (χ1) is 5.79. The molecule has 0 amide bonds. The highest BCUT2D eigenvalue weighted by molar-refractivity contribution is 6.03. The Morgan fingerprint density at radius 1 is 0.833 bits per heavy atom. The molecular formula is C10H10O2. The van der Waals surface area contributed by atoms with Crippen LogP contribution < -0.4 is 0 Å². The van der Waals surface area contributed by atoms with Crippen LogP contribution in [0.25, 0.3) is 0 Å². The van der Waals surface area contributed by atoms with Gasteiger partial charge in [0.15, 0.2) is 0 Å². The van der Waals surface area contributed by atoms with Crippen LogP contribution in [0, 0.1) is 35.5 Å². The average Bonchev–Trinajstić information content (AvgIpc) is 2.68. The number of hydrogen-bond acceptors (Lipinski definition) is 2. The molecule has 6 unspecified atom stereocenters. The smallest absolute Gasteiger partial charge is 0.140 e. The third kappa shape index (κ3) is 0.346. The third-order valence-corrected chi connectivity index (χ3v) is 4.78. The molecule has 0 spiro atoms. The predicted octanol–water partition coefficient (Wildman–Crippen LogP) is 0.656. The van der Waals surface area contributed by atoms with E-state index in [2.05, 4.69) is 0 Å². The fraction of sp³-hybridized carbons (Fsp3) is 0.800. The van der Waals surface area contributed by atoms with Crippen LogP contribution in [0.3, 0.4) is 0 Å². The van der Waals surface area contributed by atoms with Gasteiger partial charge in [-0.25, -0.2) is 0 Å². The molecule has 4 rings (SSSR count). The van der Waals surface area contributed by atoms with Crippen molar-refractivity contribution in [3.05, 3.63) is 0 Å². The zero-order valence-electron chi connectivity index (χ0n) is 6.69. The topological polar surface area (TPSA) is 34.1 Å². The van der Waals surface area contributed by atoms with Gasteiger partial charge in [-0.3, -0.25) is 9.59 Å². The Bertz CT molecular complexity index is 288. The van der Waals surface area contributed by atoms with Crippen LogP contribution in [-0.4, -0.2) is 11.6 Å². The summed E-state index contributed by atoms with van der Waals surface area (Å²) in [4.78, 5) is 23.3. The molecular weight excluding hydrogens is 152 g/mol. The molecule has 0 aromatic carbocycles. The van der Waals surface area contributed by atoms with Gasteiger partial charge in [-0.2, -0.15) is 0 Å². The summed E-state index contributed by atoms with van der Waals surface area (Å²) in [6.07, 6.45) is 2.11. The summed E-state index contributed by atoms with van der Waals surface area (Å²) in [5.74, 6) is 2.90. The summed E-state index contributed by atoms with van der Waals surface area (Å²) >= 11 is 0. The van der Waals surface area contributed by atoms with Gasteiger partial charge in [-0.1, -0.05) is 0 Å². The van der Waals surface area contributed by atoms with E-state index in [1.165, 1.54) is 0 Å². The van der Waals surface area contributed by atoms with E-state index in [1.54, 1.807) is 0 Å². The Morgan fingerprint density at radius 3 is 1.58 bits per heavy atom. The highest BCUT2D eigenvalue weighted by Crippen LogP contribution is 2.68. The molecule has 62 valence electrons. The molecule has 0 heterocycles. The molecule has 4 bridgehead atoms. The van der Waals surface area contributed by atoms with Crippen LogP contribution in [0.1, 0.15) is 12.8 Å². The van der Waals surface area contributed by atoms with E-state index < -0.39 is 0 Å². The summed E-state index contributed by atoms with van der Waals surface area (Å²) in [5.41, 5.74) is 0. The standard InChI is InChI=1S/C10H10O2/c11-9-5-1-3-6-2-4(5)8(7(3)9)10(6)12/h3-8H,1-2H2. The van der Waals surface area contributed by atoms with Crippen molar-refractivity contribution in [3.8, 4) is 0 Å². The third-order valence-electron chi connectivity index (χ3n) is 4.78. The van der Waals surface area contributed by atoms with Gasteiger partial charge in [0.05, 0.1) is 0 Å². The molecule has 0 aromatic rings. The zero-order valence-corrected chi connectivity index (χ0v) is 6.69. The Labute approximate surface area is 70.3 Å². The highest BCUT2D eigenvalue weighted by atomic mass is 16.1. The van der Waals surface area contributed by atoms with Gasteiger partial charge in [-0.15, -0.1) is 0 Å². The monoisotopic (exact) mass is 162 g/mol. The maximum atomic E-state index is 11.7. The second-order valence-electron chi connectivity index (χ2n) is 4.87. The van der Waals surface area contributed by atoms with Crippen molar-refractivity contribution in [2.24, 2.45) is 35.5 Å². The quantitative estimate of drug-likeness (QED) is 0.524. The van der Waals surface area contributed by atoms with Crippen LogP contribution >= 0.6 is 0 Å². The number of carbonyl (C=O) groups is 2. The Hall–Kier alpha value is -0.660. The van der Waals surface area contributed by atoms with E-state index in [0.29, 0.717) is 35.2 Å². The lowest BCUT2D eigenvalue weighted by Crippen LogP contribution is -2.27. The first-order valence-corrected chi connectivity index (χ1v) is 4.86. The van der Waals surface area contributed by atoms with Crippen molar-refractivity contribution in [1.82, 2.24) is 0 Å². The van der Waals surface area contributed by atoms with Crippen molar-refractivity contribution in [3.63, 3.8) is 0 Å². The van der Waals surface area contributed by atoms with Gasteiger partial charge < -0.3 is 0 Å². The number of Topliss-reactive ketones (excluding diaryl/α,β-unsaturated/α-hetero) is 2. The van der Waals surface area contributed by atoms with E-state index in [1.807, 2.05) is 0 Å². The van der Waals surface area contributed by atoms with Gasteiger partial charge in [0.1, 0.15) is 11.6 Å². The molecule has 0 radical (unpaired) electrons. The first-order valence-electron chi connectivity index (χ1n) is 4.86. The van der Waals surface area contributed by atoms with Gasteiger partial charge in [0.2, 0.25) is 0 Å². The summed E-state index contributed by atoms with van der Waals surface area (Å²) in [6, 6.07) is 0. The first kappa shape index (κ1) is 5.90. The molecule has 0 aliphatic heterocycles. The van der Waals surface area contributed by atoms with E-state index >= 15 is 0 Å².